The summed E-state index contributed by atoms with van der Waals surface area (Å²) < 4.78 is 2.00. The number of hydrogen-bond donors (Lipinski definition) is 0. The Morgan fingerprint density at radius 1 is 0.864 bits per heavy atom. The van der Waals surface area contributed by atoms with Gasteiger partial charge in [0, 0.05) is 18.3 Å². The molecule has 126 valence electrons. The molecule has 0 aliphatic heterocycles. The van der Waals surface area contributed by atoms with Crippen LogP contribution in [-0.4, -0.2) is 4.57 Å². The van der Waals surface area contributed by atoms with E-state index < -0.39 is 0 Å². The lowest BCUT2D eigenvalue weighted by atomic mass is 10.00. The zero-order chi connectivity index (χ0) is 16.2. The summed E-state index contributed by atoms with van der Waals surface area (Å²) in [6.07, 6.45) is 16.0. The summed E-state index contributed by atoms with van der Waals surface area (Å²) in [4.78, 5) is 12.2. The number of hydrogen-bond acceptors (Lipinski definition) is 1. The zero-order valence-electron chi connectivity index (χ0n) is 14.9. The molecule has 1 unspecified atom stereocenters. The van der Waals surface area contributed by atoms with Gasteiger partial charge in [0.2, 0.25) is 0 Å². The molecular formula is C20H35NO. The molecule has 2 nitrogen and oxygen atoms in total. The Labute approximate surface area is 136 Å². The first-order valence-corrected chi connectivity index (χ1v) is 9.37. The van der Waals surface area contributed by atoms with Crippen molar-refractivity contribution >= 4 is 0 Å². The molecule has 0 spiro atoms. The van der Waals surface area contributed by atoms with Gasteiger partial charge in [-0.3, -0.25) is 4.79 Å². The van der Waals surface area contributed by atoms with Crippen molar-refractivity contribution in [1.82, 2.24) is 4.57 Å². The van der Waals surface area contributed by atoms with E-state index in [4.69, 9.17) is 0 Å². The molecule has 1 heterocycles. The normalized spacial score (nSPS) is 12.5. The van der Waals surface area contributed by atoms with Crippen LogP contribution in [0.25, 0.3) is 0 Å². The standard InChI is InChI=1S/C20H35NO/c1-4-6-8-10-12-14-19(13-11-9-7-5-2)21-17-18(3)15-16-20(21)22/h15-17,19H,4-14H2,1-3H3. The molecule has 0 radical (unpaired) electrons. The van der Waals surface area contributed by atoms with Gasteiger partial charge in [0.05, 0.1) is 0 Å². The number of aryl methyl sites for hydroxylation is 1. The Hall–Kier alpha value is -1.05. The SMILES string of the molecule is CCCCCCCC(CCCCCC)n1cc(C)ccc1=O. The van der Waals surface area contributed by atoms with Crippen molar-refractivity contribution in [2.24, 2.45) is 0 Å². The fourth-order valence-electron chi connectivity index (χ4n) is 3.11. The van der Waals surface area contributed by atoms with Crippen LogP contribution < -0.4 is 5.56 Å². The van der Waals surface area contributed by atoms with Crippen LogP contribution in [0.1, 0.15) is 96.1 Å². The van der Waals surface area contributed by atoms with Crippen molar-refractivity contribution in [3.05, 3.63) is 34.2 Å². The van der Waals surface area contributed by atoms with E-state index in [1.807, 2.05) is 10.6 Å². The molecule has 1 rings (SSSR count). The molecule has 0 saturated heterocycles. The van der Waals surface area contributed by atoms with E-state index in [9.17, 15) is 4.79 Å². The van der Waals surface area contributed by atoms with Crippen LogP contribution in [0.2, 0.25) is 0 Å². The van der Waals surface area contributed by atoms with E-state index in [0.717, 1.165) is 12.8 Å². The largest absolute Gasteiger partial charge is 0.312 e. The third-order valence-corrected chi connectivity index (χ3v) is 4.51. The molecule has 0 N–H and O–H groups in total. The van der Waals surface area contributed by atoms with Gasteiger partial charge in [-0.15, -0.1) is 0 Å². The lowest BCUT2D eigenvalue weighted by Gasteiger charge is -2.20. The predicted molar refractivity (Wildman–Crippen MR) is 96.6 cm³/mol. The first kappa shape index (κ1) is 19.0. The number of pyridine rings is 1. The van der Waals surface area contributed by atoms with Gasteiger partial charge < -0.3 is 4.57 Å². The minimum absolute atomic E-state index is 0.166. The van der Waals surface area contributed by atoms with Crippen molar-refractivity contribution in [2.75, 3.05) is 0 Å². The van der Waals surface area contributed by atoms with E-state index in [0.29, 0.717) is 6.04 Å². The van der Waals surface area contributed by atoms with Crippen LogP contribution in [0, 0.1) is 6.92 Å². The maximum atomic E-state index is 12.2. The molecule has 0 amide bonds. The Morgan fingerprint density at radius 3 is 2.00 bits per heavy atom. The van der Waals surface area contributed by atoms with Crippen LogP contribution in [0.15, 0.2) is 23.1 Å². The lowest BCUT2D eigenvalue weighted by molar-refractivity contribution is 0.387. The van der Waals surface area contributed by atoms with Crippen LogP contribution >= 0.6 is 0 Å². The second-order valence-corrected chi connectivity index (χ2v) is 6.66. The lowest BCUT2D eigenvalue weighted by Crippen LogP contribution is -2.24. The minimum Gasteiger partial charge on any atom is -0.312 e. The number of nitrogens with zero attached hydrogens (tertiary/aromatic N) is 1. The number of aromatic nitrogens is 1. The average Bonchev–Trinajstić information content (AvgIpc) is 2.52. The summed E-state index contributed by atoms with van der Waals surface area (Å²) >= 11 is 0. The van der Waals surface area contributed by atoms with E-state index in [-0.39, 0.29) is 5.56 Å². The first-order valence-electron chi connectivity index (χ1n) is 9.37. The summed E-state index contributed by atoms with van der Waals surface area (Å²) in [5, 5.41) is 0. The molecule has 0 bridgehead atoms. The van der Waals surface area contributed by atoms with Crippen molar-refractivity contribution < 1.29 is 0 Å². The highest BCUT2D eigenvalue weighted by molar-refractivity contribution is 5.08. The molecule has 0 aliphatic carbocycles. The van der Waals surface area contributed by atoms with Crippen LogP contribution in [0.3, 0.4) is 0 Å². The molecule has 1 aromatic heterocycles. The summed E-state index contributed by atoms with van der Waals surface area (Å²) in [6.45, 7) is 6.57. The molecule has 22 heavy (non-hydrogen) atoms. The highest BCUT2D eigenvalue weighted by Crippen LogP contribution is 2.22. The summed E-state index contributed by atoms with van der Waals surface area (Å²) in [7, 11) is 0. The van der Waals surface area contributed by atoms with Crippen molar-refractivity contribution in [3.63, 3.8) is 0 Å². The monoisotopic (exact) mass is 305 g/mol. The topological polar surface area (TPSA) is 22.0 Å². The molecule has 1 aromatic rings. The van der Waals surface area contributed by atoms with Crippen molar-refractivity contribution in [1.29, 1.82) is 0 Å². The number of unbranched alkanes of at least 4 members (excludes halogenated alkanes) is 7. The summed E-state index contributed by atoms with van der Waals surface area (Å²) in [5.41, 5.74) is 1.35. The van der Waals surface area contributed by atoms with Crippen LogP contribution in [0.4, 0.5) is 0 Å². The van der Waals surface area contributed by atoms with Gasteiger partial charge in [0.1, 0.15) is 0 Å². The van der Waals surface area contributed by atoms with Gasteiger partial charge in [0.15, 0.2) is 0 Å². The summed E-state index contributed by atoms with van der Waals surface area (Å²) in [5.74, 6) is 0. The van der Waals surface area contributed by atoms with Gasteiger partial charge in [-0.05, 0) is 25.3 Å². The van der Waals surface area contributed by atoms with E-state index in [1.54, 1.807) is 6.07 Å². The Balaban J connectivity index is 2.60. The van der Waals surface area contributed by atoms with E-state index >= 15 is 0 Å². The summed E-state index contributed by atoms with van der Waals surface area (Å²) in [6, 6.07) is 4.05. The fourth-order valence-corrected chi connectivity index (χ4v) is 3.11. The zero-order valence-corrected chi connectivity index (χ0v) is 14.9. The second-order valence-electron chi connectivity index (χ2n) is 6.66. The first-order chi connectivity index (χ1) is 10.7. The van der Waals surface area contributed by atoms with E-state index in [2.05, 4.69) is 27.0 Å². The Morgan fingerprint density at radius 2 is 1.41 bits per heavy atom. The third kappa shape index (κ3) is 7.29. The molecule has 0 aromatic carbocycles. The molecule has 0 saturated carbocycles. The van der Waals surface area contributed by atoms with Gasteiger partial charge in [-0.2, -0.15) is 0 Å². The highest BCUT2D eigenvalue weighted by atomic mass is 16.1. The quantitative estimate of drug-likeness (QED) is 0.432. The molecule has 2 heteroatoms. The average molecular weight is 306 g/mol. The Bertz CT molecular complexity index is 449. The molecule has 1 atom stereocenters. The van der Waals surface area contributed by atoms with Gasteiger partial charge >= 0.3 is 0 Å². The highest BCUT2D eigenvalue weighted by Gasteiger charge is 2.12. The molecule has 0 aliphatic rings. The predicted octanol–water partition coefficient (Wildman–Crippen LogP) is 6.03. The van der Waals surface area contributed by atoms with Crippen LogP contribution in [0.5, 0.6) is 0 Å². The molecule has 0 fully saturated rings. The molecular weight excluding hydrogens is 270 g/mol. The van der Waals surface area contributed by atoms with Crippen molar-refractivity contribution in [3.8, 4) is 0 Å². The number of rotatable bonds is 12. The van der Waals surface area contributed by atoms with Gasteiger partial charge in [-0.25, -0.2) is 0 Å². The Kier molecular flexibility index (Phi) is 9.94. The fraction of sp³-hybridized carbons (Fsp3) is 0.750. The maximum absolute atomic E-state index is 12.2. The third-order valence-electron chi connectivity index (χ3n) is 4.51. The van der Waals surface area contributed by atoms with E-state index in [1.165, 1.54) is 63.4 Å². The van der Waals surface area contributed by atoms with Gasteiger partial charge in [-0.1, -0.05) is 77.7 Å². The smallest absolute Gasteiger partial charge is 0.250 e. The maximum Gasteiger partial charge on any atom is 0.250 e. The second kappa shape index (κ2) is 11.5. The van der Waals surface area contributed by atoms with Crippen LogP contribution in [-0.2, 0) is 0 Å². The van der Waals surface area contributed by atoms with Gasteiger partial charge in [0.25, 0.3) is 5.56 Å². The minimum atomic E-state index is 0.166. The van der Waals surface area contributed by atoms with Crippen molar-refractivity contribution in [2.45, 2.75) is 97.4 Å².